The predicted octanol–water partition coefficient (Wildman–Crippen LogP) is 2.67. The van der Waals surface area contributed by atoms with Crippen LogP contribution in [-0.4, -0.2) is 18.5 Å². The van der Waals surface area contributed by atoms with Crippen molar-refractivity contribution in [2.24, 2.45) is 23.2 Å². The van der Waals surface area contributed by atoms with Gasteiger partial charge in [0.2, 0.25) is 0 Å². The third kappa shape index (κ3) is 0.920. The summed E-state index contributed by atoms with van der Waals surface area (Å²) in [6.07, 6.45) is 6.89. The van der Waals surface area contributed by atoms with Gasteiger partial charge in [-0.3, -0.25) is 4.79 Å². The highest BCUT2D eigenvalue weighted by Gasteiger charge is 2.65. The monoisotopic (exact) mass is 282 g/mol. The van der Waals surface area contributed by atoms with Crippen molar-refractivity contribution in [1.29, 1.82) is 0 Å². The first-order valence-electron chi connectivity index (χ1n) is 6.28. The van der Waals surface area contributed by atoms with Gasteiger partial charge in [-0.25, -0.2) is 0 Å². The number of Topliss-reactive ketones (excluding diaryl/α,β-unsaturated/α-hetero) is 1. The van der Waals surface area contributed by atoms with Gasteiger partial charge in [-0.1, -0.05) is 28.4 Å². The summed E-state index contributed by atoms with van der Waals surface area (Å²) in [6, 6.07) is 0. The fourth-order valence-corrected chi connectivity index (χ4v) is 5.55. The summed E-state index contributed by atoms with van der Waals surface area (Å²) in [5, 5.41) is 0. The molecule has 0 amide bonds. The van der Waals surface area contributed by atoms with Crippen LogP contribution in [0, 0.1) is 23.2 Å². The van der Waals surface area contributed by atoms with Crippen LogP contribution in [0.5, 0.6) is 0 Å². The van der Waals surface area contributed by atoms with E-state index in [1.54, 1.807) is 0 Å². The normalized spacial score (nSPS) is 53.8. The number of allylic oxidation sites excluding steroid dienone is 1. The van der Waals surface area contributed by atoms with E-state index in [0.717, 1.165) is 23.9 Å². The molecular formula is C13H15BrO2. The maximum Gasteiger partial charge on any atom is 0.149 e. The molecule has 3 heteroatoms. The number of carbonyl (C=O) groups excluding carboxylic acids is 1. The minimum atomic E-state index is -0.0988. The summed E-state index contributed by atoms with van der Waals surface area (Å²) in [4.78, 5) is 12.6. The van der Waals surface area contributed by atoms with Gasteiger partial charge in [0.15, 0.2) is 0 Å². The van der Waals surface area contributed by atoms with E-state index in [1.807, 2.05) is 0 Å². The number of rotatable bonds is 0. The third-order valence-electron chi connectivity index (χ3n) is 5.25. The average molecular weight is 283 g/mol. The van der Waals surface area contributed by atoms with Crippen LogP contribution < -0.4 is 0 Å². The second kappa shape index (κ2) is 2.99. The van der Waals surface area contributed by atoms with Gasteiger partial charge in [0, 0.05) is 11.1 Å². The number of ether oxygens (including phenoxy) is 1. The molecule has 0 aromatic rings. The molecule has 1 heterocycles. The molecule has 2 saturated carbocycles. The molecule has 1 spiro atoms. The molecule has 2 bridgehead atoms. The molecule has 16 heavy (non-hydrogen) atoms. The highest BCUT2D eigenvalue weighted by Crippen LogP contribution is 2.64. The van der Waals surface area contributed by atoms with Crippen molar-refractivity contribution in [3.63, 3.8) is 0 Å². The molecule has 1 saturated heterocycles. The van der Waals surface area contributed by atoms with Gasteiger partial charge in [0.05, 0.1) is 17.4 Å². The second-order valence-corrected chi connectivity index (χ2v) is 6.62. The molecule has 3 fully saturated rings. The van der Waals surface area contributed by atoms with Crippen LogP contribution in [0.1, 0.15) is 25.7 Å². The lowest BCUT2D eigenvalue weighted by atomic mass is 9.75. The lowest BCUT2D eigenvalue weighted by Crippen LogP contribution is -2.42. The molecular weight excluding hydrogens is 268 g/mol. The Bertz CT molecular complexity index is 403. The average Bonchev–Trinajstić information content (AvgIpc) is 2.76. The third-order valence-corrected chi connectivity index (χ3v) is 5.93. The van der Waals surface area contributed by atoms with Crippen molar-refractivity contribution in [3.05, 3.63) is 10.6 Å². The zero-order chi connectivity index (χ0) is 10.9. The first-order chi connectivity index (χ1) is 7.74. The highest BCUT2D eigenvalue weighted by molar-refractivity contribution is 9.11. The van der Waals surface area contributed by atoms with E-state index in [0.29, 0.717) is 17.6 Å². The van der Waals surface area contributed by atoms with Crippen LogP contribution in [0.15, 0.2) is 10.6 Å². The van der Waals surface area contributed by atoms with Crippen molar-refractivity contribution in [3.8, 4) is 0 Å². The van der Waals surface area contributed by atoms with E-state index < -0.39 is 0 Å². The summed E-state index contributed by atoms with van der Waals surface area (Å²) in [5.41, 5.74) is -0.0988. The Labute approximate surface area is 104 Å². The van der Waals surface area contributed by atoms with Crippen molar-refractivity contribution >= 4 is 21.7 Å². The van der Waals surface area contributed by atoms with Crippen LogP contribution in [-0.2, 0) is 9.53 Å². The summed E-state index contributed by atoms with van der Waals surface area (Å²) in [7, 11) is 0. The minimum absolute atomic E-state index is 0.0440. The molecule has 0 aromatic carbocycles. The number of hydrogen-bond acceptors (Lipinski definition) is 2. The van der Waals surface area contributed by atoms with Crippen molar-refractivity contribution in [2.45, 2.75) is 31.8 Å². The number of hydrogen-bond donors (Lipinski definition) is 0. The number of ketones is 1. The van der Waals surface area contributed by atoms with Crippen LogP contribution in [0.3, 0.4) is 0 Å². The van der Waals surface area contributed by atoms with Gasteiger partial charge < -0.3 is 4.74 Å². The summed E-state index contributed by atoms with van der Waals surface area (Å²) in [5.74, 6) is 1.87. The van der Waals surface area contributed by atoms with Crippen molar-refractivity contribution in [1.82, 2.24) is 0 Å². The Balaban J connectivity index is 1.93. The van der Waals surface area contributed by atoms with Crippen LogP contribution in [0.25, 0.3) is 0 Å². The van der Waals surface area contributed by atoms with E-state index in [1.165, 1.54) is 12.8 Å². The Hall–Kier alpha value is -0.150. The largest absolute Gasteiger partial charge is 0.372 e. The fourth-order valence-electron chi connectivity index (χ4n) is 4.72. The summed E-state index contributed by atoms with van der Waals surface area (Å²) < 4.78 is 6.93. The minimum Gasteiger partial charge on any atom is -0.372 e. The molecule has 4 aliphatic rings. The number of carbonyl (C=O) groups is 1. The van der Waals surface area contributed by atoms with E-state index in [2.05, 4.69) is 22.0 Å². The fraction of sp³-hybridized carbons (Fsp3) is 0.769. The number of halogens is 1. The van der Waals surface area contributed by atoms with Crippen molar-refractivity contribution < 1.29 is 9.53 Å². The van der Waals surface area contributed by atoms with Gasteiger partial charge in [0.1, 0.15) is 5.78 Å². The van der Waals surface area contributed by atoms with E-state index in [-0.39, 0.29) is 17.4 Å². The van der Waals surface area contributed by atoms with Crippen LogP contribution in [0.4, 0.5) is 0 Å². The van der Waals surface area contributed by atoms with Gasteiger partial charge in [0.25, 0.3) is 0 Å². The lowest BCUT2D eigenvalue weighted by Gasteiger charge is -2.36. The molecule has 0 aromatic heterocycles. The van der Waals surface area contributed by atoms with Gasteiger partial charge in [-0.15, -0.1) is 0 Å². The molecule has 86 valence electrons. The summed E-state index contributed by atoms with van der Waals surface area (Å²) in [6.45, 7) is 0.828. The van der Waals surface area contributed by atoms with Crippen LogP contribution in [0.2, 0.25) is 0 Å². The molecule has 0 unspecified atom stereocenters. The molecule has 4 rings (SSSR count). The SMILES string of the molecule is O=C1[C@H]2[C@@H]3CCO[C@H]2C(Br)=C[C@]12CCC[C@H]32. The molecule has 5 atom stereocenters. The summed E-state index contributed by atoms with van der Waals surface area (Å²) >= 11 is 3.64. The standard InChI is InChI=1S/C13H15BrO2/c14-9-6-13-4-1-2-8(13)7-3-5-16-11(9)10(7)12(13)15/h6-8,10-11H,1-5H2/t7-,8-,10+,11+,13+/m1/s1. The highest BCUT2D eigenvalue weighted by atomic mass is 79.9. The quantitative estimate of drug-likeness (QED) is 0.683. The molecule has 2 nitrogen and oxygen atoms in total. The van der Waals surface area contributed by atoms with E-state index in [4.69, 9.17) is 4.74 Å². The first kappa shape index (κ1) is 9.84. The van der Waals surface area contributed by atoms with E-state index in [9.17, 15) is 4.79 Å². The molecule has 0 radical (unpaired) electrons. The van der Waals surface area contributed by atoms with Gasteiger partial charge in [-0.05, 0) is 31.1 Å². The molecule has 3 aliphatic carbocycles. The van der Waals surface area contributed by atoms with Gasteiger partial charge in [-0.2, -0.15) is 0 Å². The second-order valence-electron chi connectivity index (χ2n) is 5.70. The Kier molecular flexibility index (Phi) is 1.84. The molecule has 1 aliphatic heterocycles. The van der Waals surface area contributed by atoms with Crippen LogP contribution >= 0.6 is 15.9 Å². The topological polar surface area (TPSA) is 26.3 Å². The predicted molar refractivity (Wildman–Crippen MR) is 63.1 cm³/mol. The Morgan fingerprint density at radius 3 is 3.19 bits per heavy atom. The Morgan fingerprint density at radius 2 is 2.31 bits per heavy atom. The first-order valence-corrected chi connectivity index (χ1v) is 7.07. The van der Waals surface area contributed by atoms with Crippen molar-refractivity contribution in [2.75, 3.05) is 6.61 Å². The number of fused-ring (bicyclic) bond motifs is 1. The zero-order valence-electron chi connectivity index (χ0n) is 9.12. The maximum absolute atomic E-state index is 12.6. The zero-order valence-corrected chi connectivity index (χ0v) is 10.7. The maximum atomic E-state index is 12.6. The molecule has 0 N–H and O–H groups in total. The Morgan fingerprint density at radius 1 is 1.44 bits per heavy atom. The smallest absolute Gasteiger partial charge is 0.149 e. The lowest BCUT2D eigenvalue weighted by molar-refractivity contribution is -0.134. The van der Waals surface area contributed by atoms with Gasteiger partial charge >= 0.3 is 0 Å². The van der Waals surface area contributed by atoms with E-state index >= 15 is 0 Å².